The average Bonchev–Trinajstić information content (AvgIpc) is 2.78. The highest BCUT2D eigenvalue weighted by Crippen LogP contribution is 2.38. The molecule has 2 fully saturated rings. The number of carbonyl (C=O) groups is 3. The molecule has 0 unspecified atom stereocenters. The van der Waals surface area contributed by atoms with Crippen LogP contribution in [0.4, 0.5) is 0 Å². The zero-order valence-electron chi connectivity index (χ0n) is 16.8. The molecule has 1 aromatic heterocycles. The molecular weight excluding hydrogens is 380 g/mol. The molecule has 30 heavy (non-hydrogen) atoms. The van der Waals surface area contributed by atoms with Crippen LogP contribution < -0.4 is 10.6 Å². The van der Waals surface area contributed by atoms with Gasteiger partial charge in [-0.2, -0.15) is 0 Å². The van der Waals surface area contributed by atoms with Crippen molar-refractivity contribution in [2.45, 2.75) is 38.3 Å². The van der Waals surface area contributed by atoms with Crippen molar-refractivity contribution < 1.29 is 14.4 Å². The van der Waals surface area contributed by atoms with E-state index in [0.29, 0.717) is 38.9 Å². The molecule has 0 aliphatic carbocycles. The summed E-state index contributed by atoms with van der Waals surface area (Å²) >= 11 is 0. The molecule has 7 heteroatoms. The van der Waals surface area contributed by atoms with E-state index in [0.717, 1.165) is 11.1 Å². The maximum absolute atomic E-state index is 13.4. The third-order valence-corrected chi connectivity index (χ3v) is 6.17. The average molecular weight is 406 g/mol. The highest BCUT2D eigenvalue weighted by Gasteiger charge is 2.52. The van der Waals surface area contributed by atoms with Crippen molar-refractivity contribution in [3.8, 4) is 0 Å². The fourth-order valence-corrected chi connectivity index (χ4v) is 4.46. The first-order valence-corrected chi connectivity index (χ1v) is 10.4. The summed E-state index contributed by atoms with van der Waals surface area (Å²) in [6.45, 7) is 1.28. The Morgan fingerprint density at radius 3 is 2.67 bits per heavy atom. The summed E-state index contributed by atoms with van der Waals surface area (Å²) < 4.78 is 0. The van der Waals surface area contributed by atoms with Crippen molar-refractivity contribution in [2.75, 3.05) is 13.1 Å². The second kappa shape index (κ2) is 8.65. The molecule has 2 N–H and O–H groups in total. The monoisotopic (exact) mass is 406 g/mol. The Labute approximate surface area is 175 Å². The fourth-order valence-electron chi connectivity index (χ4n) is 4.46. The minimum absolute atomic E-state index is 0.00761. The Morgan fingerprint density at radius 1 is 1.13 bits per heavy atom. The number of nitrogens with zero attached hydrogens (tertiary/aromatic N) is 2. The van der Waals surface area contributed by atoms with E-state index >= 15 is 0 Å². The predicted octanol–water partition coefficient (Wildman–Crippen LogP) is 1.44. The smallest absolute Gasteiger partial charge is 0.230 e. The Hall–Kier alpha value is -3.22. The zero-order chi connectivity index (χ0) is 21.0. The van der Waals surface area contributed by atoms with E-state index in [1.54, 1.807) is 17.3 Å². The first-order valence-electron chi connectivity index (χ1n) is 10.4. The molecule has 156 valence electrons. The number of hydrogen-bond donors (Lipinski definition) is 2. The van der Waals surface area contributed by atoms with Gasteiger partial charge in [-0.3, -0.25) is 19.4 Å². The minimum Gasteiger partial charge on any atom is -0.352 e. The summed E-state index contributed by atoms with van der Waals surface area (Å²) in [6, 6.07) is 13.1. The lowest BCUT2D eigenvalue weighted by atomic mass is 9.69. The van der Waals surface area contributed by atoms with Gasteiger partial charge in [0.25, 0.3) is 0 Å². The largest absolute Gasteiger partial charge is 0.352 e. The van der Waals surface area contributed by atoms with Gasteiger partial charge in [-0.15, -0.1) is 0 Å². The van der Waals surface area contributed by atoms with Gasteiger partial charge < -0.3 is 15.5 Å². The molecule has 3 heterocycles. The van der Waals surface area contributed by atoms with Crippen LogP contribution in [0.2, 0.25) is 0 Å². The Bertz CT molecular complexity index is 919. The van der Waals surface area contributed by atoms with Crippen LogP contribution in [0.5, 0.6) is 0 Å². The van der Waals surface area contributed by atoms with Gasteiger partial charge in [0.05, 0.1) is 11.8 Å². The number of hydrogen-bond acceptors (Lipinski definition) is 4. The molecule has 0 radical (unpaired) electrons. The van der Waals surface area contributed by atoms with Crippen molar-refractivity contribution >= 4 is 17.7 Å². The maximum atomic E-state index is 13.4. The van der Waals surface area contributed by atoms with E-state index in [1.807, 2.05) is 42.5 Å². The van der Waals surface area contributed by atoms with Crippen LogP contribution >= 0.6 is 0 Å². The molecule has 2 aromatic rings. The van der Waals surface area contributed by atoms with Crippen molar-refractivity contribution in [1.82, 2.24) is 20.5 Å². The third-order valence-electron chi connectivity index (χ3n) is 6.17. The normalized spacial score (nSPS) is 23.3. The number of piperidine rings is 2. The van der Waals surface area contributed by atoms with Gasteiger partial charge >= 0.3 is 0 Å². The molecule has 4 rings (SSSR count). The van der Waals surface area contributed by atoms with Gasteiger partial charge in [0.2, 0.25) is 17.7 Å². The molecule has 0 spiro atoms. The van der Waals surface area contributed by atoms with E-state index < -0.39 is 5.41 Å². The Balaban J connectivity index is 1.49. The van der Waals surface area contributed by atoms with E-state index in [1.165, 1.54) is 0 Å². The molecule has 2 aliphatic rings. The van der Waals surface area contributed by atoms with E-state index in [-0.39, 0.29) is 30.2 Å². The summed E-state index contributed by atoms with van der Waals surface area (Å²) in [5.74, 6) is -0.132. The number of rotatable bonds is 5. The number of fused-ring (bicyclic) bond motifs is 1. The van der Waals surface area contributed by atoms with Crippen LogP contribution in [0, 0.1) is 5.41 Å². The predicted molar refractivity (Wildman–Crippen MR) is 111 cm³/mol. The number of pyridine rings is 1. The number of aromatic nitrogens is 1. The summed E-state index contributed by atoms with van der Waals surface area (Å²) in [5.41, 5.74) is 1.12. The van der Waals surface area contributed by atoms with Crippen LogP contribution in [0.3, 0.4) is 0 Å². The number of amides is 3. The lowest BCUT2D eigenvalue weighted by molar-refractivity contribution is -0.148. The Kier molecular flexibility index (Phi) is 5.79. The van der Waals surface area contributed by atoms with Crippen molar-refractivity contribution in [1.29, 1.82) is 0 Å². The lowest BCUT2D eigenvalue weighted by Crippen LogP contribution is -2.67. The fraction of sp³-hybridized carbons (Fsp3) is 0.391. The standard InChI is InChI=1S/C23H26N4O3/c28-20-6-10-23(22(30)25-15-18-4-2-1-3-5-18)16-27(13-9-19(23)26-20)21(29)14-17-7-11-24-12-8-17/h1-5,7-8,11-12,19H,6,9-10,13-16H2,(H,25,30)(H,26,28)/t19-,23+/m1/s1. The Morgan fingerprint density at radius 2 is 1.90 bits per heavy atom. The van der Waals surface area contributed by atoms with Gasteiger partial charge in [0.1, 0.15) is 0 Å². The molecule has 3 amide bonds. The molecule has 0 saturated carbocycles. The van der Waals surface area contributed by atoms with Crippen LogP contribution in [0.15, 0.2) is 54.9 Å². The van der Waals surface area contributed by atoms with Crippen LogP contribution in [-0.2, 0) is 27.3 Å². The van der Waals surface area contributed by atoms with Gasteiger partial charge in [0.15, 0.2) is 0 Å². The topological polar surface area (TPSA) is 91.4 Å². The van der Waals surface area contributed by atoms with E-state index in [2.05, 4.69) is 15.6 Å². The highest BCUT2D eigenvalue weighted by atomic mass is 16.2. The van der Waals surface area contributed by atoms with Crippen LogP contribution in [0.1, 0.15) is 30.4 Å². The van der Waals surface area contributed by atoms with Crippen LogP contribution in [-0.4, -0.2) is 46.7 Å². The summed E-state index contributed by atoms with van der Waals surface area (Å²) in [4.78, 5) is 44.0. The minimum atomic E-state index is -0.797. The molecule has 7 nitrogen and oxygen atoms in total. The van der Waals surface area contributed by atoms with Gasteiger partial charge in [-0.05, 0) is 36.1 Å². The van der Waals surface area contributed by atoms with Crippen LogP contribution in [0.25, 0.3) is 0 Å². The van der Waals surface area contributed by atoms with E-state index in [9.17, 15) is 14.4 Å². The second-order valence-electron chi connectivity index (χ2n) is 8.08. The number of carbonyl (C=O) groups excluding carboxylic acids is 3. The highest BCUT2D eigenvalue weighted by molar-refractivity contribution is 5.89. The summed E-state index contributed by atoms with van der Waals surface area (Å²) in [6.07, 6.45) is 4.94. The van der Waals surface area contributed by atoms with Crippen molar-refractivity contribution in [3.05, 3.63) is 66.0 Å². The first kappa shape index (κ1) is 20.1. The van der Waals surface area contributed by atoms with Gasteiger partial charge in [0, 0.05) is 44.5 Å². The molecule has 1 aromatic carbocycles. The lowest BCUT2D eigenvalue weighted by Gasteiger charge is -2.49. The SMILES string of the molecule is O=C1CC[C@]2(C(=O)NCc3ccccc3)CN(C(=O)Cc3ccncc3)CC[C@H]2N1. The molecule has 2 atom stereocenters. The summed E-state index contributed by atoms with van der Waals surface area (Å²) in [7, 11) is 0. The van der Waals surface area contributed by atoms with Gasteiger partial charge in [-0.25, -0.2) is 0 Å². The molecule has 0 bridgehead atoms. The maximum Gasteiger partial charge on any atom is 0.230 e. The number of nitrogens with one attached hydrogen (secondary N) is 2. The molecule has 2 aliphatic heterocycles. The molecule has 2 saturated heterocycles. The van der Waals surface area contributed by atoms with Crippen molar-refractivity contribution in [3.63, 3.8) is 0 Å². The number of likely N-dealkylation sites (tertiary alicyclic amines) is 1. The summed E-state index contributed by atoms with van der Waals surface area (Å²) in [5, 5.41) is 6.05. The zero-order valence-corrected chi connectivity index (χ0v) is 16.8. The second-order valence-corrected chi connectivity index (χ2v) is 8.08. The first-order chi connectivity index (χ1) is 14.6. The van der Waals surface area contributed by atoms with E-state index in [4.69, 9.17) is 0 Å². The van der Waals surface area contributed by atoms with Gasteiger partial charge in [-0.1, -0.05) is 30.3 Å². The number of benzene rings is 1. The quantitative estimate of drug-likeness (QED) is 0.786. The van der Waals surface area contributed by atoms with Crippen molar-refractivity contribution in [2.24, 2.45) is 5.41 Å². The third kappa shape index (κ3) is 4.20. The molecular formula is C23H26N4O3.